The number of aliphatic hydroxyl groups excluding tert-OH is 1. The fourth-order valence-corrected chi connectivity index (χ4v) is 3.79. The monoisotopic (exact) mass is 427 g/mol. The topological polar surface area (TPSA) is 84.3 Å². The van der Waals surface area contributed by atoms with Crippen molar-refractivity contribution in [3.63, 3.8) is 0 Å². The Kier molecular flexibility index (Phi) is 7.28. The van der Waals surface area contributed by atoms with E-state index >= 15 is 0 Å². The number of fused-ring (bicyclic) bond motifs is 1. The maximum Gasteiger partial charge on any atom is 0.191 e. The van der Waals surface area contributed by atoms with Crippen molar-refractivity contribution in [1.29, 1.82) is 0 Å². The van der Waals surface area contributed by atoms with Crippen LogP contribution in [0.4, 0.5) is 0 Å². The van der Waals surface area contributed by atoms with Gasteiger partial charge in [0.05, 0.1) is 26.8 Å². The second-order valence-electron chi connectivity index (χ2n) is 8.14. The zero-order valence-electron chi connectivity index (χ0n) is 18.9. The van der Waals surface area contributed by atoms with E-state index < -0.39 is 6.10 Å². The second kappa shape index (κ2) is 9.92. The van der Waals surface area contributed by atoms with Gasteiger partial charge in [-0.1, -0.05) is 18.2 Å². The first-order valence-electron chi connectivity index (χ1n) is 10.6. The summed E-state index contributed by atoms with van der Waals surface area (Å²) in [7, 11) is 3.17. The molecule has 2 aromatic rings. The molecule has 7 heteroatoms. The Morgan fingerprint density at radius 3 is 2.71 bits per heavy atom. The van der Waals surface area contributed by atoms with Gasteiger partial charge in [0, 0.05) is 24.1 Å². The number of aliphatic imine (C=N–C) groups is 1. The molecule has 2 aromatic carbocycles. The van der Waals surface area contributed by atoms with E-state index in [9.17, 15) is 5.11 Å². The van der Waals surface area contributed by atoms with Gasteiger partial charge < -0.3 is 30.0 Å². The summed E-state index contributed by atoms with van der Waals surface area (Å²) in [4.78, 5) is 4.64. The number of ether oxygens (including phenoxy) is 3. The molecule has 0 aliphatic carbocycles. The Morgan fingerprint density at radius 2 is 2.00 bits per heavy atom. The third-order valence-electron chi connectivity index (χ3n) is 5.25. The maximum absolute atomic E-state index is 10.8. The van der Waals surface area contributed by atoms with Gasteiger partial charge in [0.2, 0.25) is 0 Å². The van der Waals surface area contributed by atoms with Crippen LogP contribution < -0.4 is 24.8 Å². The van der Waals surface area contributed by atoms with Gasteiger partial charge >= 0.3 is 0 Å². The number of nitrogens with zero attached hydrogens (tertiary/aromatic N) is 1. The van der Waals surface area contributed by atoms with Crippen molar-refractivity contribution in [1.82, 2.24) is 10.6 Å². The fourth-order valence-electron chi connectivity index (χ4n) is 3.79. The lowest BCUT2D eigenvalue weighted by molar-refractivity contribution is 0.0693. The summed E-state index contributed by atoms with van der Waals surface area (Å²) in [6.45, 7) is 7.06. The summed E-state index contributed by atoms with van der Waals surface area (Å²) >= 11 is 0. The second-order valence-corrected chi connectivity index (χ2v) is 8.14. The minimum absolute atomic E-state index is 0.0428. The van der Waals surface area contributed by atoms with Crippen molar-refractivity contribution in [3.05, 3.63) is 53.6 Å². The van der Waals surface area contributed by atoms with E-state index in [0.717, 1.165) is 17.7 Å². The van der Waals surface area contributed by atoms with Crippen LogP contribution in [-0.4, -0.2) is 44.0 Å². The van der Waals surface area contributed by atoms with Gasteiger partial charge in [-0.2, -0.15) is 0 Å². The predicted octanol–water partition coefficient (Wildman–Crippen LogP) is 3.59. The van der Waals surface area contributed by atoms with Crippen LogP contribution in [0.1, 0.15) is 50.5 Å². The normalized spacial score (nSPS) is 18.4. The third kappa shape index (κ3) is 5.61. The number of aliphatic hydroxyl groups is 1. The molecule has 0 bridgehead atoms. The molecule has 0 radical (unpaired) electrons. The molecule has 2 atom stereocenters. The van der Waals surface area contributed by atoms with E-state index in [1.54, 1.807) is 32.4 Å². The summed E-state index contributed by atoms with van der Waals surface area (Å²) < 4.78 is 16.8. The Bertz CT molecular complexity index is 913. The molecular formula is C24H33N3O4. The molecule has 0 saturated heterocycles. The molecule has 1 aliphatic rings. The van der Waals surface area contributed by atoms with Crippen molar-refractivity contribution in [3.8, 4) is 17.2 Å². The van der Waals surface area contributed by atoms with Crippen LogP contribution in [0.25, 0.3) is 0 Å². The van der Waals surface area contributed by atoms with E-state index in [-0.39, 0.29) is 18.2 Å². The summed E-state index contributed by atoms with van der Waals surface area (Å²) in [6.07, 6.45) is -0.0420. The quantitative estimate of drug-likeness (QED) is 0.463. The molecule has 3 rings (SSSR count). The molecule has 3 N–H and O–H groups in total. The molecule has 0 spiro atoms. The first-order chi connectivity index (χ1) is 14.9. The molecule has 0 amide bonds. The van der Waals surface area contributed by atoms with Gasteiger partial charge in [0.15, 0.2) is 5.96 Å². The van der Waals surface area contributed by atoms with Crippen LogP contribution in [0.2, 0.25) is 0 Å². The van der Waals surface area contributed by atoms with E-state index in [2.05, 4.69) is 35.5 Å². The van der Waals surface area contributed by atoms with Crippen LogP contribution in [0.15, 0.2) is 47.5 Å². The average molecular weight is 428 g/mol. The van der Waals surface area contributed by atoms with Crippen molar-refractivity contribution in [2.45, 2.75) is 44.9 Å². The van der Waals surface area contributed by atoms with Crippen LogP contribution in [0.3, 0.4) is 0 Å². The van der Waals surface area contributed by atoms with Crippen LogP contribution >= 0.6 is 0 Å². The maximum atomic E-state index is 10.8. The number of methoxy groups -OCH3 is 2. The number of benzene rings is 2. The summed E-state index contributed by atoms with van der Waals surface area (Å²) in [5.74, 6) is 2.78. The van der Waals surface area contributed by atoms with Crippen LogP contribution in [0.5, 0.6) is 17.2 Å². The predicted molar refractivity (Wildman–Crippen MR) is 122 cm³/mol. The number of hydrogen-bond acceptors (Lipinski definition) is 5. The number of guanidine groups is 1. The van der Waals surface area contributed by atoms with Crippen molar-refractivity contribution in [2.24, 2.45) is 4.99 Å². The van der Waals surface area contributed by atoms with E-state index in [1.807, 2.05) is 25.1 Å². The molecule has 7 nitrogen and oxygen atoms in total. The van der Waals surface area contributed by atoms with Gasteiger partial charge in [0.25, 0.3) is 0 Å². The van der Waals surface area contributed by atoms with E-state index in [1.165, 1.54) is 0 Å². The Morgan fingerprint density at radius 1 is 1.23 bits per heavy atom. The number of nitrogens with one attached hydrogen (secondary N) is 2. The average Bonchev–Trinajstić information content (AvgIpc) is 2.76. The summed E-state index contributed by atoms with van der Waals surface area (Å²) in [5, 5.41) is 17.6. The van der Waals surface area contributed by atoms with Gasteiger partial charge in [-0.15, -0.1) is 0 Å². The summed E-state index contributed by atoms with van der Waals surface area (Å²) in [5.41, 5.74) is 1.44. The Balaban J connectivity index is 1.80. The van der Waals surface area contributed by atoms with Crippen LogP contribution in [-0.2, 0) is 0 Å². The standard InChI is InChI=1S/C24H33N3O4/c1-6-25-23(26-15-20(28)18-13-16(29-4)11-12-21(18)30-5)27-19-14-24(2,3)31-22-10-8-7-9-17(19)22/h7-13,19-20,28H,6,14-15H2,1-5H3,(H2,25,26,27). The third-order valence-corrected chi connectivity index (χ3v) is 5.25. The van der Waals surface area contributed by atoms with Crippen LogP contribution in [0, 0.1) is 0 Å². The van der Waals surface area contributed by atoms with E-state index in [0.29, 0.717) is 29.6 Å². The molecule has 2 unspecified atom stereocenters. The lowest BCUT2D eigenvalue weighted by atomic mass is 9.90. The highest BCUT2D eigenvalue weighted by Gasteiger charge is 2.34. The van der Waals surface area contributed by atoms with Crippen molar-refractivity contribution in [2.75, 3.05) is 27.3 Å². The minimum Gasteiger partial charge on any atom is -0.497 e. The van der Waals surface area contributed by atoms with Gasteiger partial charge in [-0.25, -0.2) is 0 Å². The van der Waals surface area contributed by atoms with Gasteiger partial charge in [-0.05, 0) is 45.0 Å². The first kappa shape index (κ1) is 22.7. The number of para-hydroxylation sites is 1. The van der Waals surface area contributed by atoms with Gasteiger partial charge in [0.1, 0.15) is 29.0 Å². The largest absolute Gasteiger partial charge is 0.497 e. The fraction of sp³-hybridized carbons (Fsp3) is 0.458. The highest BCUT2D eigenvalue weighted by molar-refractivity contribution is 5.80. The molecule has 168 valence electrons. The zero-order valence-corrected chi connectivity index (χ0v) is 18.9. The molecule has 0 aromatic heterocycles. The number of hydrogen-bond donors (Lipinski definition) is 3. The lowest BCUT2D eigenvalue weighted by Crippen LogP contribution is -2.45. The zero-order chi connectivity index (χ0) is 22.4. The minimum atomic E-state index is -0.834. The first-order valence-corrected chi connectivity index (χ1v) is 10.6. The Labute approximate surface area is 184 Å². The van der Waals surface area contributed by atoms with Crippen molar-refractivity contribution >= 4 is 5.96 Å². The lowest BCUT2D eigenvalue weighted by Gasteiger charge is -2.38. The molecule has 0 saturated carbocycles. The smallest absolute Gasteiger partial charge is 0.191 e. The SMILES string of the molecule is CCNC(=NCC(O)c1cc(OC)ccc1OC)NC1CC(C)(C)Oc2ccccc21. The van der Waals surface area contributed by atoms with Crippen molar-refractivity contribution < 1.29 is 19.3 Å². The molecule has 0 fully saturated rings. The highest BCUT2D eigenvalue weighted by atomic mass is 16.5. The molecule has 1 aliphatic heterocycles. The molecule has 1 heterocycles. The van der Waals surface area contributed by atoms with Gasteiger partial charge in [-0.3, -0.25) is 4.99 Å². The number of rotatable bonds is 7. The van der Waals surface area contributed by atoms with E-state index in [4.69, 9.17) is 14.2 Å². The summed E-state index contributed by atoms with van der Waals surface area (Å²) in [6, 6.07) is 13.5. The molecule has 31 heavy (non-hydrogen) atoms. The molecular weight excluding hydrogens is 394 g/mol. The highest BCUT2D eigenvalue weighted by Crippen LogP contribution is 2.39. The Hall–Kier alpha value is -2.93.